The van der Waals surface area contributed by atoms with Gasteiger partial charge in [-0.05, 0) is 56.4 Å². The van der Waals surface area contributed by atoms with Gasteiger partial charge in [0.15, 0.2) is 0 Å². The molecule has 2 unspecified atom stereocenters. The number of H-pyrrole nitrogens is 1. The molecule has 2 amide bonds. The van der Waals surface area contributed by atoms with Crippen LogP contribution in [0.3, 0.4) is 0 Å². The molecule has 0 fully saturated rings. The number of nitrogens with zero attached hydrogens (tertiary/aromatic N) is 2. The average Bonchev–Trinajstić information content (AvgIpc) is 3.43. The first-order valence-electron chi connectivity index (χ1n) is 13.7. The van der Waals surface area contributed by atoms with E-state index in [1.165, 1.54) is 5.56 Å². The van der Waals surface area contributed by atoms with Crippen molar-refractivity contribution in [2.24, 2.45) is 5.92 Å². The van der Waals surface area contributed by atoms with Crippen molar-refractivity contribution in [3.8, 4) is 11.3 Å². The van der Waals surface area contributed by atoms with Crippen molar-refractivity contribution < 1.29 is 9.59 Å². The van der Waals surface area contributed by atoms with Gasteiger partial charge in [-0.3, -0.25) is 9.59 Å². The van der Waals surface area contributed by atoms with Crippen LogP contribution in [0.5, 0.6) is 0 Å². The Morgan fingerprint density at radius 2 is 1.61 bits per heavy atom. The second kappa shape index (κ2) is 10.5. The number of aromatic nitrogens is 1. The zero-order chi connectivity index (χ0) is 27.0. The van der Waals surface area contributed by atoms with Crippen molar-refractivity contribution in [1.29, 1.82) is 0 Å². The van der Waals surface area contributed by atoms with Gasteiger partial charge >= 0.3 is 0 Å². The van der Waals surface area contributed by atoms with E-state index in [1.54, 1.807) is 0 Å². The number of likely N-dealkylation sites (N-methyl/N-ethyl adjacent to an activating group) is 1. The Bertz CT molecular complexity index is 1460. The Hall–Kier alpha value is -3.86. The third-order valence-electron chi connectivity index (χ3n) is 7.75. The molecular formula is C33H37N3O2. The summed E-state index contributed by atoms with van der Waals surface area (Å²) < 4.78 is 0. The van der Waals surface area contributed by atoms with Crippen molar-refractivity contribution in [3.05, 3.63) is 95.1 Å². The molecule has 196 valence electrons. The minimum absolute atomic E-state index is 0.0200. The first-order valence-corrected chi connectivity index (χ1v) is 13.7. The minimum Gasteiger partial charge on any atom is -0.354 e. The van der Waals surface area contributed by atoms with Crippen LogP contribution < -0.4 is 0 Å². The normalized spacial score (nSPS) is 15.8. The van der Waals surface area contributed by atoms with Crippen molar-refractivity contribution in [3.63, 3.8) is 0 Å². The van der Waals surface area contributed by atoms with E-state index >= 15 is 0 Å². The van der Waals surface area contributed by atoms with Crippen LogP contribution in [0.1, 0.15) is 67.2 Å². The molecule has 3 aromatic carbocycles. The monoisotopic (exact) mass is 507 g/mol. The average molecular weight is 508 g/mol. The summed E-state index contributed by atoms with van der Waals surface area (Å²) in [6, 6.07) is 23.7. The summed E-state index contributed by atoms with van der Waals surface area (Å²) in [5, 5.41) is 1.07. The number of carbonyl (C=O) groups is 2. The highest BCUT2D eigenvalue weighted by atomic mass is 16.2. The van der Waals surface area contributed by atoms with E-state index in [1.807, 2.05) is 60.0 Å². The second-order valence-corrected chi connectivity index (χ2v) is 10.7. The quantitative estimate of drug-likeness (QED) is 0.280. The Balaban J connectivity index is 1.78. The SMILES string of the molecule is CCN(CC)C(=O)C(CC(C)C)N1C(=O)c2ccccc2C1c1c(-c2ccc(C)cc2)[nH]c2ccccc12. The van der Waals surface area contributed by atoms with Crippen LogP contribution in [0.15, 0.2) is 72.8 Å². The van der Waals surface area contributed by atoms with Crippen LogP contribution in [0.25, 0.3) is 22.2 Å². The van der Waals surface area contributed by atoms with Gasteiger partial charge in [-0.1, -0.05) is 80.1 Å². The summed E-state index contributed by atoms with van der Waals surface area (Å²) in [6.45, 7) is 11.6. The zero-order valence-corrected chi connectivity index (χ0v) is 23.0. The summed E-state index contributed by atoms with van der Waals surface area (Å²) in [6.07, 6.45) is 0.605. The first-order chi connectivity index (χ1) is 18.3. The maximum absolute atomic E-state index is 14.2. The summed E-state index contributed by atoms with van der Waals surface area (Å²) in [7, 11) is 0. The van der Waals surface area contributed by atoms with Crippen LogP contribution in [0.2, 0.25) is 0 Å². The Morgan fingerprint density at radius 3 is 2.29 bits per heavy atom. The molecule has 0 aliphatic carbocycles. The molecule has 5 heteroatoms. The van der Waals surface area contributed by atoms with Gasteiger partial charge in [-0.25, -0.2) is 0 Å². The number of nitrogens with one attached hydrogen (secondary N) is 1. The fourth-order valence-corrected chi connectivity index (χ4v) is 5.87. The van der Waals surface area contributed by atoms with Crippen molar-refractivity contribution in [2.75, 3.05) is 13.1 Å². The van der Waals surface area contributed by atoms with Gasteiger partial charge in [0.1, 0.15) is 6.04 Å². The third-order valence-corrected chi connectivity index (χ3v) is 7.75. The molecule has 5 nitrogen and oxygen atoms in total. The highest BCUT2D eigenvalue weighted by molar-refractivity contribution is 6.04. The van der Waals surface area contributed by atoms with Crippen molar-refractivity contribution in [1.82, 2.24) is 14.8 Å². The lowest BCUT2D eigenvalue weighted by Gasteiger charge is -2.37. The summed E-state index contributed by atoms with van der Waals surface area (Å²) in [5.74, 6) is 0.194. The molecule has 1 aromatic heterocycles. The van der Waals surface area contributed by atoms with E-state index in [0.717, 1.165) is 33.3 Å². The van der Waals surface area contributed by atoms with Crippen LogP contribution in [0.4, 0.5) is 0 Å². The molecule has 38 heavy (non-hydrogen) atoms. The summed E-state index contributed by atoms with van der Waals surface area (Å²) in [4.78, 5) is 35.6. The van der Waals surface area contributed by atoms with Gasteiger partial charge in [0.2, 0.25) is 5.91 Å². The number of benzene rings is 3. The lowest BCUT2D eigenvalue weighted by molar-refractivity contribution is -0.136. The number of fused-ring (bicyclic) bond motifs is 2. The lowest BCUT2D eigenvalue weighted by atomic mass is 9.91. The molecule has 0 saturated heterocycles. The number of aromatic amines is 1. The minimum atomic E-state index is -0.556. The molecule has 1 aliphatic heterocycles. The van der Waals surface area contributed by atoms with Gasteiger partial charge in [0.25, 0.3) is 5.91 Å². The zero-order valence-electron chi connectivity index (χ0n) is 23.0. The molecule has 2 atom stereocenters. The smallest absolute Gasteiger partial charge is 0.255 e. The molecule has 0 spiro atoms. The fourth-order valence-electron chi connectivity index (χ4n) is 5.87. The molecular weight excluding hydrogens is 470 g/mol. The molecule has 2 heterocycles. The molecule has 0 bridgehead atoms. The topological polar surface area (TPSA) is 56.4 Å². The van der Waals surface area contributed by atoms with Crippen LogP contribution in [0, 0.1) is 12.8 Å². The molecule has 5 rings (SSSR count). The predicted octanol–water partition coefficient (Wildman–Crippen LogP) is 6.97. The number of carbonyl (C=O) groups excluding carboxylic acids is 2. The third kappa shape index (κ3) is 4.40. The fraction of sp³-hybridized carbons (Fsp3) is 0.333. The van der Waals surface area contributed by atoms with E-state index in [0.29, 0.717) is 25.1 Å². The van der Waals surface area contributed by atoms with Crippen LogP contribution in [-0.4, -0.2) is 45.7 Å². The molecule has 0 saturated carbocycles. The van der Waals surface area contributed by atoms with Gasteiger partial charge in [0.05, 0.1) is 11.7 Å². The largest absolute Gasteiger partial charge is 0.354 e. The van der Waals surface area contributed by atoms with Gasteiger partial charge < -0.3 is 14.8 Å². The summed E-state index contributed by atoms with van der Waals surface area (Å²) >= 11 is 0. The Morgan fingerprint density at radius 1 is 0.947 bits per heavy atom. The summed E-state index contributed by atoms with van der Waals surface area (Å²) in [5.41, 5.74) is 6.94. The molecule has 1 N–H and O–H groups in total. The number of hydrogen-bond acceptors (Lipinski definition) is 2. The number of rotatable bonds is 8. The second-order valence-electron chi connectivity index (χ2n) is 10.7. The number of aryl methyl sites for hydroxylation is 1. The number of amides is 2. The molecule has 0 radical (unpaired) electrons. The Labute approximate surface area is 225 Å². The van der Waals surface area contributed by atoms with E-state index in [-0.39, 0.29) is 23.8 Å². The van der Waals surface area contributed by atoms with E-state index in [2.05, 4.69) is 62.2 Å². The predicted molar refractivity (Wildman–Crippen MR) is 154 cm³/mol. The van der Waals surface area contributed by atoms with E-state index in [9.17, 15) is 9.59 Å². The van der Waals surface area contributed by atoms with Crippen LogP contribution in [-0.2, 0) is 4.79 Å². The number of para-hydroxylation sites is 1. The van der Waals surface area contributed by atoms with Gasteiger partial charge in [0, 0.05) is 35.1 Å². The lowest BCUT2D eigenvalue weighted by Crippen LogP contribution is -2.50. The van der Waals surface area contributed by atoms with Crippen LogP contribution >= 0.6 is 0 Å². The van der Waals surface area contributed by atoms with Gasteiger partial charge in [-0.15, -0.1) is 0 Å². The van der Waals surface area contributed by atoms with E-state index < -0.39 is 6.04 Å². The first kappa shape index (κ1) is 25.8. The highest BCUT2D eigenvalue weighted by Gasteiger charge is 2.46. The van der Waals surface area contributed by atoms with Gasteiger partial charge in [-0.2, -0.15) is 0 Å². The molecule has 1 aliphatic rings. The Kier molecular flexibility index (Phi) is 7.11. The molecule has 4 aromatic rings. The maximum Gasteiger partial charge on any atom is 0.255 e. The van der Waals surface area contributed by atoms with Crippen molar-refractivity contribution in [2.45, 2.75) is 53.1 Å². The van der Waals surface area contributed by atoms with E-state index in [4.69, 9.17) is 0 Å². The van der Waals surface area contributed by atoms with Crippen molar-refractivity contribution >= 4 is 22.7 Å². The standard InChI is InChI=1S/C33H37N3O2/c1-6-35(7-2)33(38)28(20-21(3)4)36-31(24-12-8-9-13-25(24)32(36)37)29-26-14-10-11-15-27(26)34-30(29)23-18-16-22(5)17-19-23/h8-19,21,28,31,34H,6-7,20H2,1-5H3. The highest BCUT2D eigenvalue weighted by Crippen LogP contribution is 2.47. The number of hydrogen-bond donors (Lipinski definition) is 1. The maximum atomic E-state index is 14.2.